The summed E-state index contributed by atoms with van der Waals surface area (Å²) in [5.74, 6) is 0.519. The summed E-state index contributed by atoms with van der Waals surface area (Å²) in [7, 11) is -2.31. The van der Waals surface area contributed by atoms with Gasteiger partial charge < -0.3 is 4.74 Å². The van der Waals surface area contributed by atoms with Gasteiger partial charge in [0.25, 0.3) is 10.0 Å². The average molecular weight is 343 g/mol. The average Bonchev–Trinajstić information content (AvgIpc) is 2.38. The van der Waals surface area contributed by atoms with Crippen molar-refractivity contribution in [1.29, 1.82) is 0 Å². The highest BCUT2D eigenvalue weighted by molar-refractivity contribution is 9.10. The lowest BCUT2D eigenvalue weighted by atomic mass is 10.3. The first kappa shape index (κ1) is 13.8. The number of nitrogens with zero attached hydrogens (tertiary/aromatic N) is 1. The van der Waals surface area contributed by atoms with Crippen LogP contribution in [-0.2, 0) is 10.0 Å². The first-order valence-electron chi connectivity index (χ1n) is 5.30. The molecule has 1 aromatic carbocycles. The normalized spacial score (nSPS) is 11.1. The molecule has 0 spiro atoms. The van der Waals surface area contributed by atoms with Crippen molar-refractivity contribution >= 4 is 31.8 Å². The fraction of sp³-hybridized carbons (Fsp3) is 0.0833. The van der Waals surface area contributed by atoms with E-state index in [0.29, 0.717) is 0 Å². The van der Waals surface area contributed by atoms with E-state index in [2.05, 4.69) is 25.6 Å². The van der Waals surface area contributed by atoms with Gasteiger partial charge in [-0.2, -0.15) is 0 Å². The zero-order valence-corrected chi connectivity index (χ0v) is 12.4. The third kappa shape index (κ3) is 3.24. The van der Waals surface area contributed by atoms with Crippen LogP contribution in [0.15, 0.2) is 52.0 Å². The number of aromatic nitrogens is 1. The Hall–Kier alpha value is -1.60. The number of benzene rings is 1. The molecule has 0 aliphatic rings. The highest BCUT2D eigenvalue weighted by Crippen LogP contribution is 2.25. The number of ether oxygens (including phenoxy) is 1. The number of para-hydroxylation sites is 1. The van der Waals surface area contributed by atoms with E-state index in [9.17, 15) is 8.42 Å². The highest BCUT2D eigenvalue weighted by atomic mass is 79.9. The van der Waals surface area contributed by atoms with Crippen LogP contribution in [0.4, 0.5) is 5.82 Å². The van der Waals surface area contributed by atoms with Gasteiger partial charge in [-0.3, -0.25) is 4.72 Å². The zero-order valence-electron chi connectivity index (χ0n) is 10.00. The molecular weight excluding hydrogens is 332 g/mol. The zero-order chi connectivity index (χ0) is 13.9. The Balaban J connectivity index is 2.38. The van der Waals surface area contributed by atoms with Crippen LogP contribution in [0.2, 0.25) is 0 Å². The second-order valence-electron chi connectivity index (χ2n) is 3.62. The van der Waals surface area contributed by atoms with E-state index in [0.717, 1.165) is 4.47 Å². The molecule has 0 fully saturated rings. The van der Waals surface area contributed by atoms with Crippen LogP contribution >= 0.6 is 15.9 Å². The van der Waals surface area contributed by atoms with Gasteiger partial charge in [-0.1, -0.05) is 28.1 Å². The molecule has 1 N–H and O–H groups in total. The number of pyridine rings is 1. The van der Waals surface area contributed by atoms with E-state index in [1.165, 1.54) is 19.4 Å². The van der Waals surface area contributed by atoms with Crippen LogP contribution in [0.25, 0.3) is 0 Å². The van der Waals surface area contributed by atoms with Crippen molar-refractivity contribution in [3.8, 4) is 5.75 Å². The highest BCUT2D eigenvalue weighted by Gasteiger charge is 2.19. The number of halogens is 1. The molecule has 100 valence electrons. The van der Waals surface area contributed by atoms with E-state index in [1.807, 2.05) is 0 Å². The van der Waals surface area contributed by atoms with E-state index in [4.69, 9.17) is 4.74 Å². The molecule has 2 aromatic rings. The molecular formula is C12H11BrN2O3S. The summed E-state index contributed by atoms with van der Waals surface area (Å²) in [6.45, 7) is 0. The van der Waals surface area contributed by atoms with Crippen LogP contribution in [0, 0.1) is 0 Å². The summed E-state index contributed by atoms with van der Waals surface area (Å²) < 4.78 is 32.7. The maximum atomic E-state index is 12.2. The molecule has 5 nitrogen and oxygen atoms in total. The molecule has 1 heterocycles. The summed E-state index contributed by atoms with van der Waals surface area (Å²) in [6.07, 6.45) is 1.50. The quantitative estimate of drug-likeness (QED) is 0.927. The second-order valence-corrected chi connectivity index (χ2v) is 6.18. The summed E-state index contributed by atoms with van der Waals surface area (Å²) in [4.78, 5) is 4.01. The summed E-state index contributed by atoms with van der Waals surface area (Å²) in [5.41, 5.74) is 0. The van der Waals surface area contributed by atoms with Crippen molar-refractivity contribution in [3.63, 3.8) is 0 Å². The van der Waals surface area contributed by atoms with Crippen molar-refractivity contribution < 1.29 is 13.2 Å². The second kappa shape index (κ2) is 5.58. The minimum atomic E-state index is -3.73. The van der Waals surface area contributed by atoms with Crippen molar-refractivity contribution in [2.75, 3.05) is 11.8 Å². The minimum absolute atomic E-state index is 0.0688. The molecule has 0 radical (unpaired) electrons. The Morgan fingerprint density at radius 3 is 2.68 bits per heavy atom. The van der Waals surface area contributed by atoms with Crippen LogP contribution < -0.4 is 9.46 Å². The van der Waals surface area contributed by atoms with E-state index >= 15 is 0 Å². The Kier molecular flexibility index (Phi) is 4.06. The van der Waals surface area contributed by atoms with Crippen molar-refractivity contribution in [3.05, 3.63) is 47.1 Å². The van der Waals surface area contributed by atoms with Gasteiger partial charge in [-0.05, 0) is 24.3 Å². The lowest BCUT2D eigenvalue weighted by molar-refractivity contribution is 0.403. The Morgan fingerprint density at radius 2 is 2.00 bits per heavy atom. The van der Waals surface area contributed by atoms with E-state index in [-0.39, 0.29) is 16.5 Å². The predicted octanol–water partition coefficient (Wildman–Crippen LogP) is 2.65. The monoisotopic (exact) mass is 342 g/mol. The molecule has 0 bridgehead atoms. The Morgan fingerprint density at radius 1 is 1.26 bits per heavy atom. The maximum absolute atomic E-state index is 12.2. The van der Waals surface area contributed by atoms with Crippen LogP contribution in [0.1, 0.15) is 0 Å². The Bertz CT molecular complexity index is 689. The van der Waals surface area contributed by atoms with Gasteiger partial charge in [0.1, 0.15) is 16.5 Å². The molecule has 0 aliphatic heterocycles. The van der Waals surface area contributed by atoms with Gasteiger partial charge in [-0.25, -0.2) is 13.4 Å². The lowest BCUT2D eigenvalue weighted by Gasteiger charge is -2.10. The number of anilines is 1. The fourth-order valence-corrected chi connectivity index (χ4v) is 3.00. The number of hydrogen-bond acceptors (Lipinski definition) is 4. The molecule has 0 saturated heterocycles. The van der Waals surface area contributed by atoms with Gasteiger partial charge in [0.2, 0.25) is 0 Å². The number of sulfonamides is 1. The van der Waals surface area contributed by atoms with Gasteiger partial charge in [-0.15, -0.1) is 0 Å². The molecule has 0 amide bonds. The topological polar surface area (TPSA) is 68.3 Å². The Labute approximate surface area is 119 Å². The standard InChI is InChI=1S/C12H11BrN2O3S/c1-18-10-4-2-3-5-11(10)19(16,17)15-12-8-9(13)6-7-14-12/h2-8H,1H3,(H,14,15). The lowest BCUT2D eigenvalue weighted by Crippen LogP contribution is -2.14. The first-order chi connectivity index (χ1) is 9.03. The molecule has 2 rings (SSSR count). The number of hydrogen-bond donors (Lipinski definition) is 1. The molecule has 0 aliphatic carbocycles. The summed E-state index contributed by atoms with van der Waals surface area (Å²) in [6, 6.07) is 9.68. The molecule has 0 atom stereocenters. The van der Waals surface area contributed by atoms with Crippen molar-refractivity contribution in [1.82, 2.24) is 4.98 Å². The first-order valence-corrected chi connectivity index (χ1v) is 7.58. The number of rotatable bonds is 4. The summed E-state index contributed by atoms with van der Waals surface area (Å²) >= 11 is 3.25. The maximum Gasteiger partial charge on any atom is 0.266 e. The third-order valence-corrected chi connectivity index (χ3v) is 4.21. The fourth-order valence-electron chi connectivity index (χ4n) is 1.49. The van der Waals surface area contributed by atoms with Crippen LogP contribution in [0.5, 0.6) is 5.75 Å². The molecule has 0 saturated carbocycles. The molecule has 0 unspecified atom stereocenters. The third-order valence-electron chi connectivity index (χ3n) is 2.32. The minimum Gasteiger partial charge on any atom is -0.495 e. The summed E-state index contributed by atoms with van der Waals surface area (Å²) in [5, 5.41) is 0. The molecule has 19 heavy (non-hydrogen) atoms. The van der Waals surface area contributed by atoms with Crippen molar-refractivity contribution in [2.45, 2.75) is 4.90 Å². The molecule has 7 heteroatoms. The van der Waals surface area contributed by atoms with Gasteiger partial charge >= 0.3 is 0 Å². The van der Waals surface area contributed by atoms with Crippen molar-refractivity contribution in [2.24, 2.45) is 0 Å². The largest absolute Gasteiger partial charge is 0.495 e. The smallest absolute Gasteiger partial charge is 0.266 e. The number of nitrogens with one attached hydrogen (secondary N) is 1. The molecule has 1 aromatic heterocycles. The SMILES string of the molecule is COc1ccccc1S(=O)(=O)Nc1cc(Br)ccn1. The van der Waals surface area contributed by atoms with E-state index < -0.39 is 10.0 Å². The van der Waals surface area contributed by atoms with Gasteiger partial charge in [0.05, 0.1) is 7.11 Å². The van der Waals surface area contributed by atoms with E-state index in [1.54, 1.807) is 30.3 Å². The number of methoxy groups -OCH3 is 1. The predicted molar refractivity (Wildman–Crippen MR) is 75.7 cm³/mol. The van der Waals surface area contributed by atoms with Crippen LogP contribution in [0.3, 0.4) is 0 Å². The van der Waals surface area contributed by atoms with Gasteiger partial charge in [0.15, 0.2) is 0 Å². The van der Waals surface area contributed by atoms with Crippen LogP contribution in [-0.4, -0.2) is 20.5 Å². The van der Waals surface area contributed by atoms with Gasteiger partial charge in [0, 0.05) is 10.7 Å².